The molecule has 1 amide bonds. The molecule has 0 radical (unpaired) electrons. The highest BCUT2D eigenvalue weighted by Gasteiger charge is 2.41. The molecule has 8 heteroatoms. The predicted octanol–water partition coefficient (Wildman–Crippen LogP) is 4.94. The molecular weight excluding hydrogens is 426 g/mol. The van der Waals surface area contributed by atoms with Crippen LogP contribution in [0.15, 0.2) is 15.7 Å². The SMILES string of the molecule is CC1CCc2c(sc(NC(=O)C3=C(C(=O)O)C4CCC3CC4)c2-c2nc(C3CC3)no2)C1. The summed E-state index contributed by atoms with van der Waals surface area (Å²) in [4.78, 5) is 31.4. The Morgan fingerprint density at radius 2 is 1.72 bits per heavy atom. The fourth-order valence-corrected chi connectivity index (χ4v) is 7.19. The molecule has 2 fully saturated rings. The molecule has 32 heavy (non-hydrogen) atoms. The van der Waals surface area contributed by atoms with Crippen LogP contribution < -0.4 is 5.32 Å². The number of hydrogen-bond acceptors (Lipinski definition) is 6. The summed E-state index contributed by atoms with van der Waals surface area (Å²) in [7, 11) is 0. The van der Waals surface area contributed by atoms with Crippen LogP contribution in [0.5, 0.6) is 0 Å². The number of nitrogens with zero attached hydrogens (tertiary/aromatic N) is 2. The summed E-state index contributed by atoms with van der Waals surface area (Å²) in [5, 5.41) is 17.9. The van der Waals surface area contributed by atoms with E-state index in [0.29, 0.717) is 28.9 Å². The van der Waals surface area contributed by atoms with Crippen LogP contribution >= 0.6 is 11.3 Å². The zero-order valence-corrected chi connectivity index (χ0v) is 19.0. The molecule has 1 atom stereocenters. The summed E-state index contributed by atoms with van der Waals surface area (Å²) in [5.74, 6) is 1.02. The van der Waals surface area contributed by atoms with E-state index in [-0.39, 0.29) is 17.7 Å². The molecular formula is C24H27N3O4S. The number of fused-ring (bicyclic) bond motifs is 3. The van der Waals surface area contributed by atoms with Crippen LogP contribution in [0.1, 0.15) is 74.1 Å². The van der Waals surface area contributed by atoms with Crippen molar-refractivity contribution in [2.45, 2.75) is 70.6 Å². The van der Waals surface area contributed by atoms with Gasteiger partial charge in [-0.3, -0.25) is 4.79 Å². The van der Waals surface area contributed by atoms with Crippen molar-refractivity contribution < 1.29 is 19.2 Å². The Labute approximate surface area is 190 Å². The van der Waals surface area contributed by atoms with E-state index < -0.39 is 5.97 Å². The third kappa shape index (κ3) is 3.31. The fourth-order valence-electron chi connectivity index (χ4n) is 5.79. The highest BCUT2D eigenvalue weighted by atomic mass is 32.1. The molecule has 5 aliphatic rings. The summed E-state index contributed by atoms with van der Waals surface area (Å²) in [6.07, 6.45) is 8.69. The molecule has 5 aliphatic carbocycles. The van der Waals surface area contributed by atoms with Crippen LogP contribution in [0.2, 0.25) is 0 Å². The average Bonchev–Trinajstić information content (AvgIpc) is 3.42. The lowest BCUT2D eigenvalue weighted by molar-refractivity contribution is -0.134. The number of carboxylic acids is 1. The molecule has 2 aromatic heterocycles. The molecule has 0 spiro atoms. The number of carboxylic acid groups (broad SMARTS) is 1. The Morgan fingerprint density at radius 3 is 2.41 bits per heavy atom. The maximum absolute atomic E-state index is 13.5. The van der Waals surface area contributed by atoms with Crippen molar-refractivity contribution in [1.29, 1.82) is 0 Å². The van der Waals surface area contributed by atoms with E-state index in [4.69, 9.17) is 4.52 Å². The van der Waals surface area contributed by atoms with Crippen LogP contribution in [0.4, 0.5) is 5.00 Å². The van der Waals surface area contributed by atoms with Crippen molar-refractivity contribution in [2.75, 3.05) is 5.32 Å². The molecule has 168 valence electrons. The van der Waals surface area contributed by atoms with Crippen molar-refractivity contribution >= 4 is 28.2 Å². The largest absolute Gasteiger partial charge is 0.478 e. The Morgan fingerprint density at radius 1 is 1.03 bits per heavy atom. The standard InChI is InChI=1S/C24H27N3O4S/c1-11-2-9-15-16(10-11)32-23(19(15)22-25-20(27-31-22)14-7-8-14)26-21(28)17-12-3-5-13(6-4-12)18(17)24(29)30/h11-14H,2-10H2,1H3,(H,26,28)(H,29,30). The van der Waals surface area contributed by atoms with Gasteiger partial charge in [0.05, 0.1) is 5.56 Å². The van der Waals surface area contributed by atoms with Crippen molar-refractivity contribution in [3.05, 3.63) is 27.4 Å². The van der Waals surface area contributed by atoms with E-state index in [0.717, 1.165) is 74.2 Å². The van der Waals surface area contributed by atoms with Crippen molar-refractivity contribution in [3.63, 3.8) is 0 Å². The van der Waals surface area contributed by atoms with E-state index >= 15 is 0 Å². The fraction of sp³-hybridized carbons (Fsp3) is 0.583. The van der Waals surface area contributed by atoms with Gasteiger partial charge in [0, 0.05) is 21.9 Å². The highest BCUT2D eigenvalue weighted by Crippen LogP contribution is 2.48. The molecule has 1 unspecified atom stereocenters. The Balaban J connectivity index is 1.39. The number of thiophene rings is 1. The van der Waals surface area contributed by atoms with Gasteiger partial charge in [0.2, 0.25) is 0 Å². The first-order chi connectivity index (χ1) is 15.5. The van der Waals surface area contributed by atoms with E-state index in [1.807, 2.05) is 0 Å². The summed E-state index contributed by atoms with van der Waals surface area (Å²) in [5.41, 5.74) is 2.86. The topological polar surface area (TPSA) is 105 Å². The maximum Gasteiger partial charge on any atom is 0.332 e. The van der Waals surface area contributed by atoms with Gasteiger partial charge in [-0.2, -0.15) is 4.98 Å². The number of rotatable bonds is 5. The number of nitrogens with one attached hydrogen (secondary N) is 1. The van der Waals surface area contributed by atoms with Gasteiger partial charge < -0.3 is 14.9 Å². The zero-order valence-electron chi connectivity index (χ0n) is 18.1. The third-order valence-electron chi connectivity index (χ3n) is 7.65. The van der Waals surface area contributed by atoms with Gasteiger partial charge in [0.1, 0.15) is 5.00 Å². The number of carbonyl (C=O) groups is 2. The van der Waals surface area contributed by atoms with Gasteiger partial charge in [-0.15, -0.1) is 11.3 Å². The number of hydrogen-bond donors (Lipinski definition) is 2. The Kier molecular flexibility index (Phi) is 4.75. The van der Waals surface area contributed by atoms with Gasteiger partial charge in [-0.05, 0) is 81.1 Å². The van der Waals surface area contributed by atoms with E-state index in [9.17, 15) is 14.7 Å². The van der Waals surface area contributed by atoms with Crippen molar-refractivity contribution in [1.82, 2.24) is 10.1 Å². The Hall–Kier alpha value is -2.48. The molecule has 2 heterocycles. The molecule has 0 aliphatic heterocycles. The number of aromatic nitrogens is 2. The average molecular weight is 454 g/mol. The van der Waals surface area contributed by atoms with Gasteiger partial charge in [-0.25, -0.2) is 4.79 Å². The van der Waals surface area contributed by atoms with E-state index in [1.54, 1.807) is 11.3 Å². The third-order valence-corrected chi connectivity index (χ3v) is 8.82. The van der Waals surface area contributed by atoms with Gasteiger partial charge >= 0.3 is 5.97 Å². The second-order valence-corrected chi connectivity index (χ2v) is 11.0. The summed E-state index contributed by atoms with van der Waals surface area (Å²) in [6.45, 7) is 2.25. The summed E-state index contributed by atoms with van der Waals surface area (Å²) < 4.78 is 5.67. The lowest BCUT2D eigenvalue weighted by Crippen LogP contribution is -2.35. The first-order valence-corrected chi connectivity index (χ1v) is 12.6. The maximum atomic E-state index is 13.5. The van der Waals surface area contributed by atoms with Gasteiger partial charge in [-0.1, -0.05) is 12.1 Å². The normalized spacial score (nSPS) is 26.8. The molecule has 2 bridgehead atoms. The van der Waals surface area contributed by atoms with Gasteiger partial charge in [0.15, 0.2) is 5.82 Å². The number of amides is 1. The molecule has 0 saturated heterocycles. The predicted molar refractivity (Wildman–Crippen MR) is 120 cm³/mol. The van der Waals surface area contributed by atoms with Gasteiger partial charge in [0.25, 0.3) is 11.8 Å². The monoisotopic (exact) mass is 453 g/mol. The minimum atomic E-state index is -0.949. The minimum absolute atomic E-state index is 0.00727. The number of carbonyl (C=O) groups excluding carboxylic acids is 1. The van der Waals surface area contributed by atoms with E-state index in [1.165, 1.54) is 10.4 Å². The van der Waals surface area contributed by atoms with Crippen LogP contribution in [0.25, 0.3) is 11.5 Å². The van der Waals surface area contributed by atoms with Crippen LogP contribution in [0.3, 0.4) is 0 Å². The first-order valence-electron chi connectivity index (χ1n) is 11.8. The zero-order chi connectivity index (χ0) is 22.0. The molecule has 7 nitrogen and oxygen atoms in total. The van der Waals surface area contributed by atoms with Crippen molar-refractivity contribution in [3.8, 4) is 11.5 Å². The van der Waals surface area contributed by atoms with E-state index in [2.05, 4.69) is 22.4 Å². The van der Waals surface area contributed by atoms with Crippen molar-refractivity contribution in [2.24, 2.45) is 17.8 Å². The highest BCUT2D eigenvalue weighted by molar-refractivity contribution is 7.17. The quantitative estimate of drug-likeness (QED) is 0.664. The smallest absolute Gasteiger partial charge is 0.332 e. The second-order valence-electron chi connectivity index (χ2n) is 9.92. The summed E-state index contributed by atoms with van der Waals surface area (Å²) in [6, 6.07) is 0. The number of aliphatic carboxylic acids is 1. The van der Waals surface area contributed by atoms with Crippen LogP contribution in [-0.4, -0.2) is 27.1 Å². The molecule has 0 aromatic carbocycles. The number of anilines is 1. The second kappa shape index (κ2) is 7.54. The molecule has 2 saturated carbocycles. The lowest BCUT2D eigenvalue weighted by Gasteiger charge is -2.37. The lowest BCUT2D eigenvalue weighted by atomic mass is 9.66. The van der Waals surface area contributed by atoms with Crippen LogP contribution in [0, 0.1) is 17.8 Å². The van der Waals surface area contributed by atoms with Crippen LogP contribution in [-0.2, 0) is 22.4 Å². The molecule has 2 aromatic rings. The molecule has 7 rings (SSSR count). The summed E-state index contributed by atoms with van der Waals surface area (Å²) >= 11 is 1.59. The Bertz CT molecular complexity index is 1130. The molecule has 2 N–H and O–H groups in total. The minimum Gasteiger partial charge on any atom is -0.478 e. The first kappa shape index (κ1) is 20.1.